The van der Waals surface area contributed by atoms with E-state index in [9.17, 15) is 0 Å². The van der Waals surface area contributed by atoms with Crippen LogP contribution in [0.25, 0.3) is 0 Å². The largest absolute Gasteiger partial charge is 0.444 e. The van der Waals surface area contributed by atoms with E-state index in [1.165, 1.54) is 0 Å². The number of piperazine rings is 1. The molecule has 2 aromatic rings. The minimum absolute atomic E-state index is 0.000792. The zero-order valence-electron chi connectivity index (χ0n) is 15.9. The zero-order chi connectivity index (χ0) is 18.0. The smallest absolute Gasteiger partial charge is 0.243 e. The monoisotopic (exact) mass is 347 g/mol. The number of nitrogens with zero attached hydrogens (tertiary/aromatic N) is 5. The van der Waals surface area contributed by atoms with Crippen LogP contribution in [0.5, 0.6) is 0 Å². The summed E-state index contributed by atoms with van der Waals surface area (Å²) in [6, 6.07) is 0.157. The molecule has 1 fully saturated rings. The van der Waals surface area contributed by atoms with Crippen molar-refractivity contribution in [3.8, 4) is 0 Å². The normalized spacial score (nSPS) is 18.6. The molecular formula is C18H29N5O2. The van der Waals surface area contributed by atoms with E-state index in [2.05, 4.69) is 52.6 Å². The topological polar surface area (TPSA) is 71.4 Å². The molecule has 2 aromatic heterocycles. The third kappa shape index (κ3) is 4.27. The fourth-order valence-corrected chi connectivity index (χ4v) is 2.97. The van der Waals surface area contributed by atoms with Gasteiger partial charge in [0.15, 0.2) is 5.82 Å². The molecule has 7 heteroatoms. The van der Waals surface area contributed by atoms with E-state index < -0.39 is 0 Å². The van der Waals surface area contributed by atoms with Gasteiger partial charge in [0.1, 0.15) is 5.76 Å². The number of hydrogen-bond donors (Lipinski definition) is 0. The van der Waals surface area contributed by atoms with Crippen LogP contribution in [0.15, 0.2) is 15.1 Å². The summed E-state index contributed by atoms with van der Waals surface area (Å²) in [5.41, 5.74) is 0.000792. The van der Waals surface area contributed by atoms with Gasteiger partial charge in [-0.1, -0.05) is 32.9 Å². The van der Waals surface area contributed by atoms with Crippen LogP contribution in [0, 0.1) is 0 Å². The Bertz CT molecular complexity index is 680. The van der Waals surface area contributed by atoms with Gasteiger partial charge in [0.05, 0.1) is 18.8 Å². The summed E-state index contributed by atoms with van der Waals surface area (Å²) in [6.07, 6.45) is 2.66. The van der Waals surface area contributed by atoms with E-state index in [0.717, 1.165) is 56.6 Å². The first-order valence-corrected chi connectivity index (χ1v) is 9.11. The predicted octanol–water partition coefficient (Wildman–Crippen LogP) is 2.80. The van der Waals surface area contributed by atoms with Crippen LogP contribution in [0.4, 0.5) is 0 Å². The fourth-order valence-electron chi connectivity index (χ4n) is 2.97. The highest BCUT2D eigenvalue weighted by Gasteiger charge is 2.26. The number of rotatable bonds is 5. The average molecular weight is 347 g/mol. The zero-order valence-corrected chi connectivity index (χ0v) is 15.9. The van der Waals surface area contributed by atoms with Crippen molar-refractivity contribution in [2.75, 3.05) is 26.2 Å². The first-order chi connectivity index (χ1) is 11.9. The van der Waals surface area contributed by atoms with Crippen LogP contribution >= 0.6 is 0 Å². The van der Waals surface area contributed by atoms with E-state index >= 15 is 0 Å². The van der Waals surface area contributed by atoms with Gasteiger partial charge >= 0.3 is 0 Å². The highest BCUT2D eigenvalue weighted by Crippen LogP contribution is 2.24. The lowest BCUT2D eigenvalue weighted by atomic mass is 9.94. The quantitative estimate of drug-likeness (QED) is 0.823. The SMILES string of the molecule is CCc1noc([C@H](C)N2CCN(Cc3ncc(C(C)(C)C)o3)CC2)n1. The highest BCUT2D eigenvalue weighted by molar-refractivity contribution is 5.06. The second-order valence-corrected chi connectivity index (χ2v) is 7.76. The number of aryl methyl sites for hydroxylation is 1. The number of hydrogen-bond acceptors (Lipinski definition) is 7. The molecule has 0 amide bonds. The highest BCUT2D eigenvalue weighted by atomic mass is 16.5. The molecule has 25 heavy (non-hydrogen) atoms. The second-order valence-electron chi connectivity index (χ2n) is 7.76. The van der Waals surface area contributed by atoms with Gasteiger partial charge in [-0.2, -0.15) is 4.98 Å². The standard InChI is InChI=1S/C18H29N5O2/c1-6-15-20-17(25-21-15)13(2)23-9-7-22(8-10-23)12-16-19-11-14(24-16)18(3,4)5/h11,13H,6-10,12H2,1-5H3/t13-/m0/s1. The Morgan fingerprint density at radius 3 is 2.48 bits per heavy atom. The summed E-state index contributed by atoms with van der Waals surface area (Å²) >= 11 is 0. The second kappa shape index (κ2) is 7.25. The van der Waals surface area contributed by atoms with Crippen molar-refractivity contribution in [1.29, 1.82) is 0 Å². The molecule has 138 valence electrons. The molecule has 0 spiro atoms. The number of aromatic nitrogens is 3. The van der Waals surface area contributed by atoms with Crippen LogP contribution in [0.2, 0.25) is 0 Å². The molecule has 0 aliphatic carbocycles. The molecule has 1 aliphatic rings. The lowest BCUT2D eigenvalue weighted by Crippen LogP contribution is -2.46. The minimum Gasteiger partial charge on any atom is -0.444 e. The Kier molecular flexibility index (Phi) is 5.24. The predicted molar refractivity (Wildman–Crippen MR) is 94.1 cm³/mol. The van der Waals surface area contributed by atoms with Gasteiger partial charge in [-0.05, 0) is 6.92 Å². The lowest BCUT2D eigenvalue weighted by molar-refractivity contribution is 0.0793. The third-order valence-electron chi connectivity index (χ3n) is 4.76. The Hall–Kier alpha value is -1.73. The Morgan fingerprint density at radius 2 is 1.92 bits per heavy atom. The molecule has 7 nitrogen and oxygen atoms in total. The summed E-state index contributed by atoms with van der Waals surface area (Å²) in [6.45, 7) is 15.2. The van der Waals surface area contributed by atoms with Gasteiger partial charge in [0.25, 0.3) is 0 Å². The number of oxazole rings is 1. The van der Waals surface area contributed by atoms with Crippen molar-refractivity contribution in [3.05, 3.63) is 29.6 Å². The summed E-state index contributed by atoms with van der Waals surface area (Å²) < 4.78 is 11.3. The molecule has 3 heterocycles. The van der Waals surface area contributed by atoms with Crippen LogP contribution in [0.3, 0.4) is 0 Å². The first-order valence-electron chi connectivity index (χ1n) is 9.11. The average Bonchev–Trinajstić information content (AvgIpc) is 3.23. The molecule has 0 aromatic carbocycles. The molecule has 1 saturated heterocycles. The van der Waals surface area contributed by atoms with Crippen LogP contribution in [-0.4, -0.2) is 51.1 Å². The molecule has 3 rings (SSSR count). The maximum Gasteiger partial charge on any atom is 0.243 e. The fraction of sp³-hybridized carbons (Fsp3) is 0.722. The van der Waals surface area contributed by atoms with Crippen molar-refractivity contribution in [2.24, 2.45) is 0 Å². The third-order valence-corrected chi connectivity index (χ3v) is 4.76. The van der Waals surface area contributed by atoms with Crippen molar-refractivity contribution >= 4 is 0 Å². The maximum atomic E-state index is 5.91. The molecule has 0 radical (unpaired) electrons. The minimum atomic E-state index is 0.000792. The van der Waals surface area contributed by atoms with Crippen molar-refractivity contribution < 1.29 is 8.94 Å². The first kappa shape index (κ1) is 18.1. The van der Waals surface area contributed by atoms with E-state index in [1.54, 1.807) is 0 Å². The summed E-state index contributed by atoms with van der Waals surface area (Å²) in [7, 11) is 0. The molecule has 0 bridgehead atoms. The molecule has 1 aliphatic heterocycles. The van der Waals surface area contributed by atoms with E-state index in [0.29, 0.717) is 5.89 Å². The van der Waals surface area contributed by atoms with Gasteiger partial charge in [-0.25, -0.2) is 4.98 Å². The van der Waals surface area contributed by atoms with E-state index in [4.69, 9.17) is 8.94 Å². The molecular weight excluding hydrogens is 318 g/mol. The summed E-state index contributed by atoms with van der Waals surface area (Å²) in [4.78, 5) is 13.7. The van der Waals surface area contributed by atoms with E-state index in [1.807, 2.05) is 13.1 Å². The maximum absolute atomic E-state index is 5.91. The van der Waals surface area contributed by atoms with Crippen molar-refractivity contribution in [1.82, 2.24) is 24.9 Å². The Balaban J connectivity index is 1.52. The molecule has 0 unspecified atom stereocenters. The van der Waals surface area contributed by atoms with Crippen molar-refractivity contribution in [3.63, 3.8) is 0 Å². The van der Waals surface area contributed by atoms with Gasteiger partial charge in [-0.15, -0.1) is 0 Å². The van der Waals surface area contributed by atoms with Gasteiger partial charge in [0, 0.05) is 38.0 Å². The summed E-state index contributed by atoms with van der Waals surface area (Å²) in [5, 5.41) is 4.00. The van der Waals surface area contributed by atoms with Gasteiger partial charge in [0.2, 0.25) is 11.8 Å². The molecule has 0 saturated carbocycles. The van der Waals surface area contributed by atoms with Crippen LogP contribution in [-0.2, 0) is 18.4 Å². The summed E-state index contributed by atoms with van der Waals surface area (Å²) in [5.74, 6) is 3.24. The Labute approximate surface area is 149 Å². The van der Waals surface area contributed by atoms with Crippen LogP contribution < -0.4 is 0 Å². The van der Waals surface area contributed by atoms with Gasteiger partial charge < -0.3 is 8.94 Å². The van der Waals surface area contributed by atoms with Gasteiger partial charge in [-0.3, -0.25) is 9.80 Å². The Morgan fingerprint density at radius 1 is 1.20 bits per heavy atom. The van der Waals surface area contributed by atoms with Crippen LogP contribution in [0.1, 0.15) is 64.0 Å². The van der Waals surface area contributed by atoms with Crippen molar-refractivity contribution in [2.45, 2.75) is 59.0 Å². The molecule has 1 atom stereocenters. The molecule has 0 N–H and O–H groups in total. The van der Waals surface area contributed by atoms with E-state index in [-0.39, 0.29) is 11.5 Å². The lowest BCUT2D eigenvalue weighted by Gasteiger charge is -2.36.